The highest BCUT2D eigenvalue weighted by atomic mass is 16.2. The van der Waals surface area contributed by atoms with E-state index in [0.717, 1.165) is 13.0 Å². The van der Waals surface area contributed by atoms with Crippen LogP contribution in [0.25, 0.3) is 0 Å². The van der Waals surface area contributed by atoms with Crippen LogP contribution in [0, 0.1) is 0 Å². The van der Waals surface area contributed by atoms with Crippen LogP contribution in [0.3, 0.4) is 0 Å². The van der Waals surface area contributed by atoms with Crippen LogP contribution in [0.4, 0.5) is 5.82 Å². The average Bonchev–Trinajstić information content (AvgIpc) is 2.45. The molecule has 0 saturated heterocycles. The topological polar surface area (TPSA) is 96.0 Å². The Morgan fingerprint density at radius 1 is 1.25 bits per heavy atom. The number of carbonyl (C=O) groups excluding carboxylic acids is 2. The zero-order valence-electron chi connectivity index (χ0n) is 12.1. The molecule has 0 bridgehead atoms. The molecule has 0 aliphatic carbocycles. The summed E-state index contributed by atoms with van der Waals surface area (Å²) < 4.78 is 0. The Hall–Kier alpha value is -2.18. The first kappa shape index (κ1) is 15.9. The van der Waals surface area contributed by atoms with Crippen molar-refractivity contribution in [1.82, 2.24) is 20.8 Å². The Morgan fingerprint density at radius 2 is 2.00 bits per heavy atom. The first-order valence-corrected chi connectivity index (χ1v) is 6.74. The molecule has 0 saturated carbocycles. The van der Waals surface area contributed by atoms with Crippen molar-refractivity contribution in [2.24, 2.45) is 0 Å². The maximum Gasteiger partial charge on any atom is 0.272 e. The van der Waals surface area contributed by atoms with Crippen molar-refractivity contribution in [3.8, 4) is 0 Å². The molecular weight excluding hydrogens is 258 g/mol. The van der Waals surface area contributed by atoms with Gasteiger partial charge in [-0.25, -0.2) is 0 Å². The van der Waals surface area contributed by atoms with Gasteiger partial charge >= 0.3 is 0 Å². The van der Waals surface area contributed by atoms with E-state index in [1.54, 1.807) is 19.1 Å². The Bertz CT molecular complexity index is 447. The van der Waals surface area contributed by atoms with E-state index >= 15 is 0 Å². The number of nitrogens with zero attached hydrogens (tertiary/aromatic N) is 2. The summed E-state index contributed by atoms with van der Waals surface area (Å²) in [5, 5.41) is 16.0. The third kappa shape index (κ3) is 4.83. The Kier molecular flexibility index (Phi) is 6.42. The van der Waals surface area contributed by atoms with E-state index in [1.165, 1.54) is 0 Å². The van der Waals surface area contributed by atoms with Gasteiger partial charge in [0.1, 0.15) is 11.9 Å². The smallest absolute Gasteiger partial charge is 0.272 e. The van der Waals surface area contributed by atoms with E-state index in [2.05, 4.69) is 26.1 Å². The fourth-order valence-electron chi connectivity index (χ4n) is 1.47. The normalized spacial score (nSPS) is 11.6. The molecule has 0 radical (unpaired) electrons. The van der Waals surface area contributed by atoms with Gasteiger partial charge in [-0.05, 0) is 32.4 Å². The number of nitrogens with one attached hydrogen (secondary N) is 3. The summed E-state index contributed by atoms with van der Waals surface area (Å²) in [6.07, 6.45) is 0.851. The summed E-state index contributed by atoms with van der Waals surface area (Å²) in [6, 6.07) is 2.63. The minimum Gasteiger partial charge on any atom is -0.369 e. The summed E-state index contributed by atoms with van der Waals surface area (Å²) in [6.45, 7) is 6.86. The van der Waals surface area contributed by atoms with Crippen LogP contribution in [0.5, 0.6) is 0 Å². The van der Waals surface area contributed by atoms with E-state index < -0.39 is 11.9 Å². The number of anilines is 1. The Balaban J connectivity index is 2.55. The van der Waals surface area contributed by atoms with E-state index in [4.69, 9.17) is 0 Å². The Morgan fingerprint density at radius 3 is 2.55 bits per heavy atom. The van der Waals surface area contributed by atoms with Gasteiger partial charge in [0, 0.05) is 13.1 Å². The summed E-state index contributed by atoms with van der Waals surface area (Å²) >= 11 is 0. The van der Waals surface area contributed by atoms with Gasteiger partial charge in [0.05, 0.1) is 0 Å². The fourth-order valence-corrected chi connectivity index (χ4v) is 1.47. The van der Waals surface area contributed by atoms with E-state index in [-0.39, 0.29) is 11.6 Å². The van der Waals surface area contributed by atoms with Gasteiger partial charge in [-0.3, -0.25) is 9.59 Å². The van der Waals surface area contributed by atoms with Crippen LogP contribution < -0.4 is 16.0 Å². The molecule has 0 aliphatic rings. The molecule has 7 heteroatoms. The number of carbonyl (C=O) groups is 2. The highest BCUT2D eigenvalue weighted by Crippen LogP contribution is 2.01. The first-order chi connectivity index (χ1) is 9.58. The molecular formula is C13H21N5O2. The van der Waals surface area contributed by atoms with Crippen molar-refractivity contribution in [3.05, 3.63) is 17.8 Å². The van der Waals surface area contributed by atoms with Gasteiger partial charge in [0.2, 0.25) is 5.91 Å². The SMILES string of the molecule is CCCNC(=O)C(C)NC(=O)c1ccc(NCC)nn1. The molecule has 1 rings (SSSR count). The second kappa shape index (κ2) is 8.08. The average molecular weight is 279 g/mol. The first-order valence-electron chi connectivity index (χ1n) is 6.74. The van der Waals surface area contributed by atoms with Crippen molar-refractivity contribution in [2.45, 2.75) is 33.2 Å². The lowest BCUT2D eigenvalue weighted by atomic mass is 10.2. The summed E-state index contributed by atoms with van der Waals surface area (Å²) in [5.74, 6) is -0.0186. The standard InChI is InChI=1S/C13H21N5O2/c1-4-8-15-12(19)9(3)16-13(20)10-6-7-11(14-5-2)18-17-10/h6-7,9H,4-5,8H2,1-3H3,(H,14,18)(H,15,19)(H,16,20). The molecule has 1 aromatic rings. The molecule has 20 heavy (non-hydrogen) atoms. The molecule has 0 fully saturated rings. The van der Waals surface area contributed by atoms with Crippen LogP contribution in [0.15, 0.2) is 12.1 Å². The molecule has 0 spiro atoms. The third-order valence-corrected chi connectivity index (χ3v) is 2.55. The molecule has 1 heterocycles. The van der Waals surface area contributed by atoms with Gasteiger partial charge in [-0.15, -0.1) is 10.2 Å². The third-order valence-electron chi connectivity index (χ3n) is 2.55. The van der Waals surface area contributed by atoms with Crippen molar-refractivity contribution < 1.29 is 9.59 Å². The molecule has 0 aromatic carbocycles. The second-order valence-corrected chi connectivity index (χ2v) is 4.32. The zero-order valence-corrected chi connectivity index (χ0v) is 12.1. The Labute approximate surface area is 118 Å². The number of hydrogen-bond acceptors (Lipinski definition) is 5. The number of hydrogen-bond donors (Lipinski definition) is 3. The molecule has 1 aromatic heterocycles. The van der Waals surface area contributed by atoms with Crippen molar-refractivity contribution >= 4 is 17.6 Å². The predicted molar refractivity (Wildman–Crippen MR) is 76.4 cm³/mol. The van der Waals surface area contributed by atoms with Crippen LogP contribution >= 0.6 is 0 Å². The van der Waals surface area contributed by atoms with E-state index in [0.29, 0.717) is 12.4 Å². The maximum absolute atomic E-state index is 11.9. The van der Waals surface area contributed by atoms with Gasteiger partial charge in [0.25, 0.3) is 5.91 Å². The number of rotatable bonds is 7. The highest BCUT2D eigenvalue weighted by Gasteiger charge is 2.17. The number of aromatic nitrogens is 2. The summed E-state index contributed by atoms with van der Waals surface area (Å²) in [5.41, 5.74) is 0.182. The second-order valence-electron chi connectivity index (χ2n) is 4.32. The van der Waals surface area contributed by atoms with Crippen LogP contribution in [0.2, 0.25) is 0 Å². The van der Waals surface area contributed by atoms with Crippen molar-refractivity contribution in [3.63, 3.8) is 0 Å². The molecule has 7 nitrogen and oxygen atoms in total. The fraction of sp³-hybridized carbons (Fsp3) is 0.538. The molecule has 0 aliphatic heterocycles. The largest absolute Gasteiger partial charge is 0.369 e. The molecule has 2 amide bonds. The quantitative estimate of drug-likeness (QED) is 0.677. The minimum absolute atomic E-state index is 0.182. The lowest BCUT2D eigenvalue weighted by Gasteiger charge is -2.13. The predicted octanol–water partition coefficient (Wildman–Crippen LogP) is 0.553. The van der Waals surface area contributed by atoms with Gasteiger partial charge in [-0.2, -0.15) is 0 Å². The van der Waals surface area contributed by atoms with E-state index in [9.17, 15) is 9.59 Å². The minimum atomic E-state index is -0.607. The van der Waals surface area contributed by atoms with Crippen LogP contribution in [-0.2, 0) is 4.79 Å². The monoisotopic (exact) mass is 279 g/mol. The van der Waals surface area contributed by atoms with E-state index in [1.807, 2.05) is 13.8 Å². The zero-order chi connectivity index (χ0) is 15.0. The lowest BCUT2D eigenvalue weighted by Crippen LogP contribution is -2.45. The number of amides is 2. The molecule has 3 N–H and O–H groups in total. The van der Waals surface area contributed by atoms with Crippen molar-refractivity contribution in [1.29, 1.82) is 0 Å². The molecule has 1 unspecified atom stereocenters. The highest BCUT2D eigenvalue weighted by molar-refractivity contribution is 5.95. The van der Waals surface area contributed by atoms with Crippen LogP contribution in [-0.4, -0.2) is 41.1 Å². The molecule has 110 valence electrons. The van der Waals surface area contributed by atoms with Gasteiger partial charge in [-0.1, -0.05) is 6.92 Å². The van der Waals surface area contributed by atoms with Gasteiger partial charge < -0.3 is 16.0 Å². The summed E-state index contributed by atoms with van der Waals surface area (Å²) in [7, 11) is 0. The molecule has 1 atom stereocenters. The maximum atomic E-state index is 11.9. The summed E-state index contributed by atoms with van der Waals surface area (Å²) in [4.78, 5) is 23.5. The van der Waals surface area contributed by atoms with Crippen molar-refractivity contribution in [2.75, 3.05) is 18.4 Å². The van der Waals surface area contributed by atoms with Crippen LogP contribution in [0.1, 0.15) is 37.7 Å². The lowest BCUT2D eigenvalue weighted by molar-refractivity contribution is -0.122. The van der Waals surface area contributed by atoms with Gasteiger partial charge in [0.15, 0.2) is 5.69 Å².